The van der Waals surface area contributed by atoms with Crippen LogP contribution in [-0.4, -0.2) is 49.1 Å². The molecule has 2 bridgehead atoms. The number of carbonyl (C=O) groups is 2. The van der Waals surface area contributed by atoms with Crippen LogP contribution in [0.25, 0.3) is 0 Å². The third kappa shape index (κ3) is 3.83. The van der Waals surface area contributed by atoms with Gasteiger partial charge >= 0.3 is 11.9 Å². The molecule has 1 saturated carbocycles. The molecule has 1 aliphatic carbocycles. The Hall–Kier alpha value is -2.12. The number of aliphatic hydroxyl groups is 1. The largest absolute Gasteiger partial charge is 0.497 e. The van der Waals surface area contributed by atoms with E-state index in [1.165, 1.54) is 0 Å². The third-order valence-corrected chi connectivity index (χ3v) is 5.04. The lowest BCUT2D eigenvalue weighted by Crippen LogP contribution is -2.41. The average Bonchev–Trinajstić information content (AvgIpc) is 2.79. The highest BCUT2D eigenvalue weighted by molar-refractivity contribution is 5.72. The molecule has 0 radical (unpaired) electrons. The van der Waals surface area contributed by atoms with Crippen LogP contribution in [0.4, 0.5) is 0 Å². The zero-order valence-electron chi connectivity index (χ0n) is 14.9. The molecule has 5 atom stereocenters. The Balaban J connectivity index is 1.64. The van der Waals surface area contributed by atoms with Gasteiger partial charge in [-0.1, -0.05) is 19.1 Å². The monoisotopic (exact) mass is 364 g/mol. The van der Waals surface area contributed by atoms with Crippen LogP contribution in [0.5, 0.6) is 5.75 Å². The number of aliphatic hydroxyl groups excluding tert-OH is 1. The van der Waals surface area contributed by atoms with Gasteiger partial charge in [0.15, 0.2) is 6.10 Å². The number of fused-ring (bicyclic) bond motifs is 2. The zero-order chi connectivity index (χ0) is 18.7. The lowest BCUT2D eigenvalue weighted by atomic mass is 9.91. The van der Waals surface area contributed by atoms with Gasteiger partial charge in [0, 0.05) is 18.3 Å². The molecule has 1 heterocycles. The molecule has 26 heavy (non-hydrogen) atoms. The number of hydrogen-bond donors (Lipinski definition) is 1. The van der Waals surface area contributed by atoms with Crippen molar-refractivity contribution in [2.45, 2.75) is 44.7 Å². The second-order valence-electron chi connectivity index (χ2n) is 6.65. The van der Waals surface area contributed by atoms with Crippen LogP contribution in [0.3, 0.4) is 0 Å². The molecule has 1 aromatic carbocycles. The number of methoxy groups -OCH3 is 1. The van der Waals surface area contributed by atoms with E-state index < -0.39 is 18.3 Å². The van der Waals surface area contributed by atoms with Gasteiger partial charge in [-0.05, 0) is 17.7 Å². The smallest absolute Gasteiger partial charge is 0.306 e. The summed E-state index contributed by atoms with van der Waals surface area (Å²) in [6.07, 6.45) is -2.00. The summed E-state index contributed by atoms with van der Waals surface area (Å²) in [5.74, 6) is -0.600. The van der Waals surface area contributed by atoms with Gasteiger partial charge in [-0.3, -0.25) is 9.59 Å². The number of rotatable bonds is 7. The molecular formula is C19H24O7. The van der Waals surface area contributed by atoms with E-state index in [1.807, 2.05) is 24.3 Å². The molecule has 7 nitrogen and oxygen atoms in total. The van der Waals surface area contributed by atoms with Gasteiger partial charge < -0.3 is 24.1 Å². The number of ether oxygens (including phenoxy) is 4. The molecule has 0 aromatic heterocycles. The van der Waals surface area contributed by atoms with Crippen molar-refractivity contribution in [2.75, 3.05) is 13.7 Å². The quantitative estimate of drug-likeness (QED) is 0.732. The maximum absolute atomic E-state index is 11.7. The highest BCUT2D eigenvalue weighted by Crippen LogP contribution is 2.42. The van der Waals surface area contributed by atoms with Crippen molar-refractivity contribution in [3.63, 3.8) is 0 Å². The maximum Gasteiger partial charge on any atom is 0.306 e. The average molecular weight is 364 g/mol. The molecule has 7 heteroatoms. The van der Waals surface area contributed by atoms with Crippen LogP contribution in [0.15, 0.2) is 24.3 Å². The van der Waals surface area contributed by atoms with Gasteiger partial charge in [-0.25, -0.2) is 0 Å². The van der Waals surface area contributed by atoms with E-state index in [-0.39, 0.29) is 43.2 Å². The molecule has 2 aliphatic rings. The topological polar surface area (TPSA) is 91.3 Å². The maximum atomic E-state index is 11.7. The van der Waals surface area contributed by atoms with Gasteiger partial charge in [-0.15, -0.1) is 0 Å². The molecule has 2 fully saturated rings. The molecule has 1 aliphatic heterocycles. The molecule has 1 N–H and O–H groups in total. The number of hydrogen-bond acceptors (Lipinski definition) is 7. The number of carbonyl (C=O) groups excluding carboxylic acids is 2. The van der Waals surface area contributed by atoms with Gasteiger partial charge in [0.25, 0.3) is 0 Å². The minimum Gasteiger partial charge on any atom is -0.497 e. The minimum absolute atomic E-state index is 0.106. The van der Waals surface area contributed by atoms with E-state index >= 15 is 0 Å². The molecule has 1 aromatic rings. The van der Waals surface area contributed by atoms with E-state index in [4.69, 9.17) is 18.9 Å². The van der Waals surface area contributed by atoms with Crippen LogP contribution < -0.4 is 4.74 Å². The molecule has 0 amide bonds. The second-order valence-corrected chi connectivity index (χ2v) is 6.65. The number of esters is 2. The van der Waals surface area contributed by atoms with Gasteiger partial charge in [0.1, 0.15) is 11.9 Å². The Morgan fingerprint density at radius 3 is 2.69 bits per heavy atom. The van der Waals surface area contributed by atoms with Crippen molar-refractivity contribution < 1.29 is 33.6 Å². The van der Waals surface area contributed by atoms with Crippen molar-refractivity contribution in [1.29, 1.82) is 0 Å². The summed E-state index contributed by atoms with van der Waals surface area (Å²) in [6.45, 7) is 2.33. The van der Waals surface area contributed by atoms with Crippen LogP contribution in [-0.2, 0) is 30.4 Å². The molecular weight excluding hydrogens is 340 g/mol. The Bertz CT molecular complexity index is 642. The second kappa shape index (κ2) is 8.05. The summed E-state index contributed by atoms with van der Waals surface area (Å²) in [7, 11) is 1.61. The van der Waals surface area contributed by atoms with Gasteiger partial charge in [0.2, 0.25) is 0 Å². The van der Waals surface area contributed by atoms with Crippen molar-refractivity contribution in [3.8, 4) is 5.75 Å². The van der Waals surface area contributed by atoms with Crippen molar-refractivity contribution >= 4 is 11.9 Å². The lowest BCUT2D eigenvalue weighted by molar-refractivity contribution is -0.176. The highest BCUT2D eigenvalue weighted by Gasteiger charge is 2.57. The number of benzene rings is 1. The van der Waals surface area contributed by atoms with E-state index in [0.29, 0.717) is 6.61 Å². The summed E-state index contributed by atoms with van der Waals surface area (Å²) in [5.41, 5.74) is 0.974. The first-order valence-electron chi connectivity index (χ1n) is 8.81. The van der Waals surface area contributed by atoms with E-state index in [9.17, 15) is 14.7 Å². The van der Waals surface area contributed by atoms with Crippen LogP contribution in [0.1, 0.15) is 25.3 Å². The summed E-state index contributed by atoms with van der Waals surface area (Å²) in [4.78, 5) is 23.5. The normalized spacial score (nSPS) is 30.0. The first-order chi connectivity index (χ1) is 12.5. The van der Waals surface area contributed by atoms with Crippen molar-refractivity contribution in [3.05, 3.63) is 29.8 Å². The lowest BCUT2D eigenvalue weighted by Gasteiger charge is -2.26. The fourth-order valence-corrected chi connectivity index (χ4v) is 3.62. The summed E-state index contributed by atoms with van der Waals surface area (Å²) < 4.78 is 21.6. The SMILES string of the molecule is CCC(=O)O[C@@H]1C2OC(=O)C[C@H]([C@@H]1COCc1ccc(OC)cc1)[C@@H]2O. The minimum atomic E-state index is -0.836. The molecule has 142 valence electrons. The fraction of sp³-hybridized carbons (Fsp3) is 0.579. The Morgan fingerprint density at radius 1 is 1.31 bits per heavy atom. The first kappa shape index (κ1) is 18.7. The predicted molar refractivity (Wildman–Crippen MR) is 90.3 cm³/mol. The summed E-state index contributed by atoms with van der Waals surface area (Å²) in [6, 6.07) is 7.51. The van der Waals surface area contributed by atoms with Gasteiger partial charge in [0.05, 0.1) is 32.8 Å². The van der Waals surface area contributed by atoms with E-state index in [2.05, 4.69) is 0 Å². The third-order valence-electron chi connectivity index (χ3n) is 5.04. The Morgan fingerprint density at radius 2 is 2.04 bits per heavy atom. The molecule has 1 unspecified atom stereocenters. The highest BCUT2D eigenvalue weighted by atomic mass is 16.6. The fourth-order valence-electron chi connectivity index (χ4n) is 3.62. The van der Waals surface area contributed by atoms with E-state index in [1.54, 1.807) is 14.0 Å². The molecule has 1 saturated heterocycles. The van der Waals surface area contributed by atoms with Crippen LogP contribution in [0, 0.1) is 11.8 Å². The Labute approximate surface area is 152 Å². The van der Waals surface area contributed by atoms with Crippen LogP contribution >= 0.6 is 0 Å². The summed E-state index contributed by atoms with van der Waals surface area (Å²) >= 11 is 0. The first-order valence-corrected chi connectivity index (χ1v) is 8.81. The van der Waals surface area contributed by atoms with E-state index in [0.717, 1.165) is 11.3 Å². The zero-order valence-corrected chi connectivity index (χ0v) is 14.9. The Kier molecular flexibility index (Phi) is 5.78. The standard InChI is InChI=1S/C19H24O7/c1-3-15(20)25-18-14(13-8-16(21)26-19(18)17(13)22)10-24-9-11-4-6-12(23-2)7-5-11/h4-7,13-14,17-19,22H,3,8-10H2,1-2H3/t13-,14+,17+,18+,19?/m1/s1. The molecule has 3 rings (SSSR count). The molecule has 0 spiro atoms. The predicted octanol–water partition coefficient (Wildman–Crippen LogP) is 1.46. The van der Waals surface area contributed by atoms with Crippen molar-refractivity contribution in [1.82, 2.24) is 0 Å². The van der Waals surface area contributed by atoms with Crippen molar-refractivity contribution in [2.24, 2.45) is 11.8 Å². The summed E-state index contributed by atoms with van der Waals surface area (Å²) in [5, 5.41) is 10.4. The van der Waals surface area contributed by atoms with Crippen LogP contribution in [0.2, 0.25) is 0 Å². The van der Waals surface area contributed by atoms with Gasteiger partial charge in [-0.2, -0.15) is 0 Å².